The van der Waals surface area contributed by atoms with Gasteiger partial charge in [0.2, 0.25) is 5.91 Å². The van der Waals surface area contributed by atoms with Crippen LogP contribution in [0.5, 0.6) is 0 Å². The third kappa shape index (κ3) is 8.62. The molecule has 0 atom stereocenters. The molecule has 0 fully saturated rings. The van der Waals surface area contributed by atoms with E-state index in [1.165, 1.54) is 11.1 Å². The van der Waals surface area contributed by atoms with Crippen LogP contribution in [-0.2, 0) is 11.2 Å². The molecule has 0 saturated carbocycles. The molecule has 0 heterocycles. The first-order valence-electron chi connectivity index (χ1n) is 6.69. The summed E-state index contributed by atoms with van der Waals surface area (Å²) >= 11 is 0. The van der Waals surface area contributed by atoms with E-state index in [-0.39, 0.29) is 18.3 Å². The number of hydrogen-bond acceptors (Lipinski definition) is 2. The second-order valence-corrected chi connectivity index (χ2v) is 4.65. The molecule has 19 heavy (non-hydrogen) atoms. The number of benzene rings is 1. The number of hydrogen-bond donors (Lipinski definition) is 2. The van der Waals surface area contributed by atoms with E-state index in [1.807, 2.05) is 7.05 Å². The van der Waals surface area contributed by atoms with Gasteiger partial charge >= 0.3 is 0 Å². The van der Waals surface area contributed by atoms with Crippen LogP contribution in [0.15, 0.2) is 24.3 Å². The highest BCUT2D eigenvalue weighted by Gasteiger charge is 2.00. The highest BCUT2D eigenvalue weighted by molar-refractivity contribution is 5.85. The molecule has 108 valence electrons. The second kappa shape index (κ2) is 10.8. The van der Waals surface area contributed by atoms with Gasteiger partial charge in [0, 0.05) is 19.5 Å². The quantitative estimate of drug-likeness (QED) is 0.720. The summed E-state index contributed by atoms with van der Waals surface area (Å²) in [5.41, 5.74) is 2.65. The number of unbranched alkanes of at least 4 members (excludes halogenated alkanes) is 1. The molecule has 0 saturated heterocycles. The number of rotatable bonds is 8. The van der Waals surface area contributed by atoms with Crippen LogP contribution in [0.25, 0.3) is 0 Å². The number of nitrogens with one attached hydrogen (secondary N) is 2. The Bertz CT molecular complexity index is 352. The van der Waals surface area contributed by atoms with Crippen molar-refractivity contribution in [1.82, 2.24) is 10.6 Å². The zero-order valence-electron chi connectivity index (χ0n) is 11.9. The highest BCUT2D eigenvalue weighted by atomic mass is 35.5. The molecule has 3 nitrogen and oxygen atoms in total. The Morgan fingerprint density at radius 3 is 2.42 bits per heavy atom. The van der Waals surface area contributed by atoms with Crippen LogP contribution < -0.4 is 10.6 Å². The van der Waals surface area contributed by atoms with Gasteiger partial charge < -0.3 is 10.6 Å². The molecule has 0 bridgehead atoms. The first kappa shape index (κ1) is 17.9. The minimum Gasteiger partial charge on any atom is -0.355 e. The molecule has 0 spiro atoms. The smallest absolute Gasteiger partial charge is 0.220 e. The Kier molecular flexibility index (Phi) is 10.2. The lowest BCUT2D eigenvalue weighted by Gasteiger charge is -2.05. The van der Waals surface area contributed by atoms with Crippen molar-refractivity contribution in [3.63, 3.8) is 0 Å². The molecule has 1 rings (SSSR count). The molecule has 1 aromatic carbocycles. The van der Waals surface area contributed by atoms with Gasteiger partial charge in [0.25, 0.3) is 0 Å². The van der Waals surface area contributed by atoms with Crippen LogP contribution in [0, 0.1) is 6.92 Å². The summed E-state index contributed by atoms with van der Waals surface area (Å²) in [6, 6.07) is 8.62. The van der Waals surface area contributed by atoms with Crippen LogP contribution in [0.2, 0.25) is 0 Å². The molecule has 2 N–H and O–H groups in total. The van der Waals surface area contributed by atoms with Crippen LogP contribution in [-0.4, -0.2) is 26.0 Å². The van der Waals surface area contributed by atoms with Gasteiger partial charge in [0.15, 0.2) is 0 Å². The predicted molar refractivity (Wildman–Crippen MR) is 82.9 cm³/mol. The Morgan fingerprint density at radius 1 is 1.11 bits per heavy atom. The van der Waals surface area contributed by atoms with E-state index in [0.717, 1.165) is 25.8 Å². The van der Waals surface area contributed by atoms with Crippen molar-refractivity contribution in [2.75, 3.05) is 20.1 Å². The van der Waals surface area contributed by atoms with Gasteiger partial charge in [-0.1, -0.05) is 29.8 Å². The molecular formula is C15H25ClN2O. The number of aryl methyl sites for hydroxylation is 2. The van der Waals surface area contributed by atoms with Gasteiger partial charge in [-0.25, -0.2) is 0 Å². The standard InChI is InChI=1S/C15H24N2O.ClH/c1-13-7-9-14(10-8-13)5-3-4-6-15(18)17-12-11-16-2;/h7-10,16H,3-6,11-12H2,1-2H3,(H,17,18);1H. The van der Waals surface area contributed by atoms with Gasteiger partial charge in [-0.3, -0.25) is 4.79 Å². The molecule has 0 aliphatic rings. The molecule has 0 radical (unpaired) electrons. The van der Waals surface area contributed by atoms with Crippen molar-refractivity contribution in [2.24, 2.45) is 0 Å². The normalized spacial score (nSPS) is 9.79. The maximum Gasteiger partial charge on any atom is 0.220 e. The number of halogens is 1. The Balaban J connectivity index is 0.00000324. The van der Waals surface area contributed by atoms with E-state index in [2.05, 4.69) is 41.8 Å². The lowest BCUT2D eigenvalue weighted by atomic mass is 10.1. The number of carbonyl (C=O) groups is 1. The zero-order chi connectivity index (χ0) is 13.2. The van der Waals surface area contributed by atoms with Crippen molar-refractivity contribution in [3.8, 4) is 0 Å². The molecule has 0 aromatic heterocycles. The van der Waals surface area contributed by atoms with Crippen LogP contribution in [0.3, 0.4) is 0 Å². The van der Waals surface area contributed by atoms with Crippen molar-refractivity contribution in [1.29, 1.82) is 0 Å². The van der Waals surface area contributed by atoms with Gasteiger partial charge in [0.05, 0.1) is 0 Å². The third-order valence-corrected chi connectivity index (χ3v) is 2.94. The van der Waals surface area contributed by atoms with Crippen LogP contribution >= 0.6 is 12.4 Å². The summed E-state index contributed by atoms with van der Waals surface area (Å²) in [5.74, 6) is 0.161. The minimum atomic E-state index is 0. The van der Waals surface area contributed by atoms with Crippen molar-refractivity contribution >= 4 is 18.3 Å². The first-order chi connectivity index (χ1) is 8.72. The number of carbonyl (C=O) groups excluding carboxylic acids is 1. The molecule has 1 amide bonds. The Morgan fingerprint density at radius 2 is 1.79 bits per heavy atom. The Labute approximate surface area is 122 Å². The fraction of sp³-hybridized carbons (Fsp3) is 0.533. The summed E-state index contributed by atoms with van der Waals surface area (Å²) in [6.45, 7) is 3.64. The van der Waals surface area contributed by atoms with E-state index in [4.69, 9.17) is 0 Å². The lowest BCUT2D eigenvalue weighted by Crippen LogP contribution is -2.30. The number of likely N-dealkylation sites (N-methyl/N-ethyl adjacent to an activating group) is 1. The van der Waals surface area contributed by atoms with E-state index in [9.17, 15) is 4.79 Å². The lowest BCUT2D eigenvalue weighted by molar-refractivity contribution is -0.121. The fourth-order valence-corrected chi connectivity index (χ4v) is 1.78. The SMILES string of the molecule is CNCCNC(=O)CCCCc1ccc(C)cc1.Cl. The summed E-state index contributed by atoms with van der Waals surface area (Å²) in [6.07, 6.45) is 3.72. The first-order valence-corrected chi connectivity index (χ1v) is 6.69. The predicted octanol–water partition coefficient (Wildman–Crippen LogP) is 2.47. The zero-order valence-corrected chi connectivity index (χ0v) is 12.7. The van der Waals surface area contributed by atoms with Gasteiger partial charge in [-0.2, -0.15) is 0 Å². The van der Waals surface area contributed by atoms with E-state index in [0.29, 0.717) is 13.0 Å². The van der Waals surface area contributed by atoms with Crippen molar-refractivity contribution < 1.29 is 4.79 Å². The molecule has 0 unspecified atom stereocenters. The van der Waals surface area contributed by atoms with Crippen LogP contribution in [0.4, 0.5) is 0 Å². The second-order valence-electron chi connectivity index (χ2n) is 4.65. The summed E-state index contributed by atoms with van der Waals surface area (Å²) in [7, 11) is 1.88. The molecule has 0 aliphatic carbocycles. The average Bonchev–Trinajstić information content (AvgIpc) is 2.37. The maximum atomic E-state index is 11.4. The van der Waals surface area contributed by atoms with Gasteiger partial charge in [-0.05, 0) is 38.8 Å². The number of amides is 1. The largest absolute Gasteiger partial charge is 0.355 e. The van der Waals surface area contributed by atoms with Gasteiger partial charge in [0.1, 0.15) is 0 Å². The average molecular weight is 285 g/mol. The van der Waals surface area contributed by atoms with Gasteiger partial charge in [-0.15, -0.1) is 12.4 Å². The summed E-state index contributed by atoms with van der Waals surface area (Å²) in [5, 5.41) is 5.89. The van der Waals surface area contributed by atoms with Crippen LogP contribution in [0.1, 0.15) is 30.4 Å². The topological polar surface area (TPSA) is 41.1 Å². The molecule has 4 heteroatoms. The minimum absolute atomic E-state index is 0. The highest BCUT2D eigenvalue weighted by Crippen LogP contribution is 2.08. The Hall–Kier alpha value is -1.06. The van der Waals surface area contributed by atoms with E-state index in [1.54, 1.807) is 0 Å². The monoisotopic (exact) mass is 284 g/mol. The molecule has 0 aliphatic heterocycles. The third-order valence-electron chi connectivity index (χ3n) is 2.94. The maximum absolute atomic E-state index is 11.4. The van der Waals surface area contributed by atoms with E-state index >= 15 is 0 Å². The fourth-order valence-electron chi connectivity index (χ4n) is 1.78. The van der Waals surface area contributed by atoms with Crippen molar-refractivity contribution in [3.05, 3.63) is 35.4 Å². The molecular weight excluding hydrogens is 260 g/mol. The summed E-state index contributed by atoms with van der Waals surface area (Å²) in [4.78, 5) is 11.4. The molecule has 1 aromatic rings. The van der Waals surface area contributed by atoms with E-state index < -0.39 is 0 Å². The summed E-state index contributed by atoms with van der Waals surface area (Å²) < 4.78 is 0. The van der Waals surface area contributed by atoms with Crippen molar-refractivity contribution in [2.45, 2.75) is 32.6 Å².